The molecule has 2 aromatic rings. The molecule has 26 heavy (non-hydrogen) atoms. The standard InChI is InChI=1S/C19H19F3N2O2/c1-13-7-9-15(10-8-13)24(14(2)25)12-11-18(26)23-17-6-4-3-5-16(17)19(20,21)22/h3-10H,11-12H2,1-2H3,(H,23,26). The van der Waals surface area contributed by atoms with E-state index in [0.717, 1.165) is 11.6 Å². The van der Waals surface area contributed by atoms with Crippen molar-refractivity contribution in [3.63, 3.8) is 0 Å². The average molecular weight is 364 g/mol. The number of para-hydroxylation sites is 1. The number of hydrogen-bond donors (Lipinski definition) is 1. The van der Waals surface area contributed by atoms with Gasteiger partial charge in [0, 0.05) is 25.6 Å². The van der Waals surface area contributed by atoms with E-state index in [0.29, 0.717) is 5.69 Å². The zero-order valence-electron chi connectivity index (χ0n) is 14.4. The van der Waals surface area contributed by atoms with Crippen LogP contribution in [0, 0.1) is 6.92 Å². The number of anilines is 2. The van der Waals surface area contributed by atoms with E-state index in [1.807, 2.05) is 19.1 Å². The van der Waals surface area contributed by atoms with Gasteiger partial charge in [0.05, 0.1) is 11.3 Å². The van der Waals surface area contributed by atoms with Crippen molar-refractivity contribution >= 4 is 23.2 Å². The lowest BCUT2D eigenvalue weighted by Gasteiger charge is -2.21. The Bertz CT molecular complexity index is 786. The highest BCUT2D eigenvalue weighted by atomic mass is 19.4. The summed E-state index contributed by atoms with van der Waals surface area (Å²) in [5.41, 5.74) is 0.454. The summed E-state index contributed by atoms with van der Waals surface area (Å²) in [6.45, 7) is 3.35. The second-order valence-corrected chi connectivity index (χ2v) is 5.85. The summed E-state index contributed by atoms with van der Waals surface area (Å²) < 4.78 is 38.9. The molecule has 138 valence electrons. The molecule has 0 heterocycles. The molecule has 2 rings (SSSR count). The van der Waals surface area contributed by atoms with Gasteiger partial charge in [0.1, 0.15) is 0 Å². The summed E-state index contributed by atoms with van der Waals surface area (Å²) >= 11 is 0. The first-order valence-corrected chi connectivity index (χ1v) is 7.99. The van der Waals surface area contributed by atoms with Gasteiger partial charge in [-0.15, -0.1) is 0 Å². The summed E-state index contributed by atoms with van der Waals surface area (Å²) in [5.74, 6) is -0.850. The van der Waals surface area contributed by atoms with Gasteiger partial charge < -0.3 is 10.2 Å². The number of amides is 2. The highest BCUT2D eigenvalue weighted by Gasteiger charge is 2.33. The fourth-order valence-electron chi connectivity index (χ4n) is 2.46. The molecule has 0 aliphatic heterocycles. The predicted molar refractivity (Wildman–Crippen MR) is 93.9 cm³/mol. The van der Waals surface area contributed by atoms with E-state index in [9.17, 15) is 22.8 Å². The molecule has 0 aromatic heterocycles. The van der Waals surface area contributed by atoms with Gasteiger partial charge in [0.2, 0.25) is 11.8 Å². The molecule has 0 aliphatic rings. The van der Waals surface area contributed by atoms with Crippen LogP contribution in [0.2, 0.25) is 0 Å². The first-order valence-electron chi connectivity index (χ1n) is 7.99. The fraction of sp³-hybridized carbons (Fsp3) is 0.263. The van der Waals surface area contributed by atoms with Crippen molar-refractivity contribution in [2.45, 2.75) is 26.4 Å². The molecule has 0 saturated carbocycles. The van der Waals surface area contributed by atoms with Crippen LogP contribution >= 0.6 is 0 Å². The number of benzene rings is 2. The summed E-state index contributed by atoms with van der Waals surface area (Å²) in [5, 5.41) is 2.28. The second-order valence-electron chi connectivity index (χ2n) is 5.85. The topological polar surface area (TPSA) is 49.4 Å². The Morgan fingerprint density at radius 3 is 2.23 bits per heavy atom. The number of alkyl halides is 3. The quantitative estimate of drug-likeness (QED) is 0.855. The lowest BCUT2D eigenvalue weighted by Crippen LogP contribution is -2.32. The number of nitrogens with one attached hydrogen (secondary N) is 1. The third kappa shape index (κ3) is 5.08. The number of halogens is 3. The van der Waals surface area contributed by atoms with Gasteiger partial charge in [-0.25, -0.2) is 0 Å². The fourth-order valence-corrected chi connectivity index (χ4v) is 2.46. The molecule has 0 spiro atoms. The average Bonchev–Trinajstić information content (AvgIpc) is 2.56. The van der Waals surface area contributed by atoms with Crippen LogP contribution in [0.1, 0.15) is 24.5 Å². The summed E-state index contributed by atoms with van der Waals surface area (Å²) in [6.07, 6.45) is -4.68. The van der Waals surface area contributed by atoms with Crippen LogP contribution in [-0.2, 0) is 15.8 Å². The highest BCUT2D eigenvalue weighted by Crippen LogP contribution is 2.34. The number of carbonyl (C=O) groups excluding carboxylic acids is 2. The summed E-state index contributed by atoms with van der Waals surface area (Å²) in [4.78, 5) is 25.3. The molecule has 2 aromatic carbocycles. The lowest BCUT2D eigenvalue weighted by atomic mass is 10.1. The van der Waals surface area contributed by atoms with Gasteiger partial charge in [0.25, 0.3) is 0 Å². The summed E-state index contributed by atoms with van der Waals surface area (Å²) in [7, 11) is 0. The van der Waals surface area contributed by atoms with E-state index in [-0.39, 0.29) is 24.6 Å². The number of aryl methyl sites for hydroxylation is 1. The van der Waals surface area contributed by atoms with E-state index in [4.69, 9.17) is 0 Å². The van der Waals surface area contributed by atoms with Gasteiger partial charge in [-0.3, -0.25) is 9.59 Å². The molecule has 0 aliphatic carbocycles. The van der Waals surface area contributed by atoms with Crippen LogP contribution in [0.5, 0.6) is 0 Å². The molecule has 0 unspecified atom stereocenters. The number of carbonyl (C=O) groups is 2. The molecule has 1 N–H and O–H groups in total. The van der Waals surface area contributed by atoms with Crippen molar-refractivity contribution in [2.24, 2.45) is 0 Å². The molecule has 0 atom stereocenters. The normalized spacial score (nSPS) is 11.1. The van der Waals surface area contributed by atoms with Gasteiger partial charge in [0.15, 0.2) is 0 Å². The molecule has 7 heteroatoms. The molecular formula is C19H19F3N2O2. The van der Waals surface area contributed by atoms with E-state index < -0.39 is 17.6 Å². The van der Waals surface area contributed by atoms with Crippen LogP contribution in [0.15, 0.2) is 48.5 Å². The second kappa shape index (κ2) is 8.03. The number of rotatable bonds is 5. The minimum absolute atomic E-state index is 0.0679. The highest BCUT2D eigenvalue weighted by molar-refractivity contribution is 5.95. The number of hydrogen-bond acceptors (Lipinski definition) is 2. The van der Waals surface area contributed by atoms with Crippen molar-refractivity contribution < 1.29 is 22.8 Å². The zero-order valence-corrected chi connectivity index (χ0v) is 14.4. The van der Waals surface area contributed by atoms with E-state index in [1.54, 1.807) is 12.1 Å². The number of nitrogens with zero attached hydrogens (tertiary/aromatic N) is 1. The Kier molecular flexibility index (Phi) is 6.02. The molecule has 0 radical (unpaired) electrons. The van der Waals surface area contributed by atoms with E-state index in [2.05, 4.69) is 5.32 Å². The Morgan fingerprint density at radius 2 is 1.65 bits per heavy atom. The van der Waals surface area contributed by atoms with Gasteiger partial charge in [-0.05, 0) is 31.2 Å². The maximum atomic E-state index is 13.0. The zero-order chi connectivity index (χ0) is 19.3. The van der Waals surface area contributed by atoms with Crippen molar-refractivity contribution in [3.8, 4) is 0 Å². The van der Waals surface area contributed by atoms with Crippen molar-refractivity contribution in [3.05, 3.63) is 59.7 Å². The van der Waals surface area contributed by atoms with Crippen LogP contribution in [0.25, 0.3) is 0 Å². The molecule has 0 bridgehead atoms. The Labute approximate surface area is 149 Å². The largest absolute Gasteiger partial charge is 0.418 e. The maximum absolute atomic E-state index is 13.0. The summed E-state index contributed by atoms with van der Waals surface area (Å²) in [6, 6.07) is 12.0. The smallest absolute Gasteiger partial charge is 0.325 e. The third-order valence-corrected chi connectivity index (χ3v) is 3.79. The molecule has 2 amide bonds. The van der Waals surface area contributed by atoms with Crippen molar-refractivity contribution in [1.29, 1.82) is 0 Å². The van der Waals surface area contributed by atoms with Crippen LogP contribution < -0.4 is 10.2 Å². The van der Waals surface area contributed by atoms with Gasteiger partial charge >= 0.3 is 6.18 Å². The van der Waals surface area contributed by atoms with Crippen LogP contribution in [-0.4, -0.2) is 18.4 Å². The first kappa shape index (κ1) is 19.5. The van der Waals surface area contributed by atoms with Crippen LogP contribution in [0.4, 0.5) is 24.5 Å². The Balaban J connectivity index is 2.06. The minimum atomic E-state index is -4.56. The third-order valence-electron chi connectivity index (χ3n) is 3.79. The molecule has 4 nitrogen and oxygen atoms in total. The van der Waals surface area contributed by atoms with Crippen molar-refractivity contribution in [2.75, 3.05) is 16.8 Å². The minimum Gasteiger partial charge on any atom is -0.325 e. The predicted octanol–water partition coefficient (Wildman–Crippen LogP) is 4.40. The van der Waals surface area contributed by atoms with Crippen LogP contribution in [0.3, 0.4) is 0 Å². The maximum Gasteiger partial charge on any atom is 0.418 e. The lowest BCUT2D eigenvalue weighted by molar-refractivity contribution is -0.137. The monoisotopic (exact) mass is 364 g/mol. The van der Waals surface area contributed by atoms with E-state index in [1.165, 1.54) is 30.0 Å². The van der Waals surface area contributed by atoms with Gasteiger partial charge in [-0.1, -0.05) is 29.8 Å². The molecule has 0 saturated heterocycles. The van der Waals surface area contributed by atoms with Crippen molar-refractivity contribution in [1.82, 2.24) is 0 Å². The van der Waals surface area contributed by atoms with E-state index >= 15 is 0 Å². The Morgan fingerprint density at radius 1 is 1.04 bits per heavy atom. The first-order chi connectivity index (χ1) is 12.2. The van der Waals surface area contributed by atoms with Gasteiger partial charge in [-0.2, -0.15) is 13.2 Å². The SMILES string of the molecule is CC(=O)N(CCC(=O)Nc1ccccc1C(F)(F)F)c1ccc(C)cc1. The Hall–Kier alpha value is -2.83. The molecule has 0 fully saturated rings. The molecular weight excluding hydrogens is 345 g/mol.